The van der Waals surface area contributed by atoms with Gasteiger partial charge in [0.05, 0.1) is 5.69 Å². The van der Waals surface area contributed by atoms with Crippen LogP contribution in [0.1, 0.15) is 37.6 Å². The molecule has 0 saturated heterocycles. The molecule has 0 spiro atoms. The molecular weight excluding hydrogens is 337 g/mol. The molecule has 3 aromatic heterocycles. The Morgan fingerprint density at radius 2 is 2.12 bits per heavy atom. The van der Waals surface area contributed by atoms with Gasteiger partial charge < -0.3 is 4.52 Å². The van der Waals surface area contributed by atoms with Crippen molar-refractivity contribution in [2.75, 3.05) is 5.32 Å². The predicted octanol–water partition coefficient (Wildman–Crippen LogP) is 3.49. The van der Waals surface area contributed by atoms with Gasteiger partial charge in [0.1, 0.15) is 11.2 Å². The molecule has 26 heavy (non-hydrogen) atoms. The second-order valence-corrected chi connectivity index (χ2v) is 7.31. The van der Waals surface area contributed by atoms with Crippen molar-refractivity contribution in [1.82, 2.24) is 19.7 Å². The summed E-state index contributed by atoms with van der Waals surface area (Å²) >= 11 is 0. The Balaban J connectivity index is 1.65. The van der Waals surface area contributed by atoms with Gasteiger partial charge in [-0.05, 0) is 51.7 Å². The molecule has 1 aliphatic carbocycles. The van der Waals surface area contributed by atoms with Crippen LogP contribution in [0.15, 0.2) is 22.7 Å². The zero-order valence-corrected chi connectivity index (χ0v) is 14.9. The van der Waals surface area contributed by atoms with Gasteiger partial charge in [-0.3, -0.25) is 10.1 Å². The lowest BCUT2D eigenvalue weighted by molar-refractivity contribution is -0.119. The number of hydrogen-bond acceptors (Lipinski definition) is 5. The van der Waals surface area contributed by atoms with Gasteiger partial charge in [-0.2, -0.15) is 0 Å². The van der Waals surface area contributed by atoms with Crippen LogP contribution in [0.2, 0.25) is 0 Å². The first-order valence-corrected chi connectivity index (χ1v) is 8.59. The molecular formula is C18H20FN5O2. The number of carbonyl (C=O) groups is 1. The minimum absolute atomic E-state index is 0.0655. The van der Waals surface area contributed by atoms with E-state index in [1.54, 1.807) is 17.6 Å². The summed E-state index contributed by atoms with van der Waals surface area (Å²) in [6.07, 6.45) is 1.10. The first-order chi connectivity index (χ1) is 12.3. The van der Waals surface area contributed by atoms with Crippen molar-refractivity contribution in [2.24, 2.45) is 5.92 Å². The molecule has 1 fully saturated rings. The molecule has 3 aromatic rings. The number of halogens is 1. The smallest absolute Gasteiger partial charge is 0.240 e. The van der Waals surface area contributed by atoms with Crippen LogP contribution < -0.4 is 5.32 Å². The third kappa shape index (κ3) is 3.07. The maximum absolute atomic E-state index is 13.6. The number of nitrogens with zero attached hydrogens (tertiary/aromatic N) is 4. The third-order valence-electron chi connectivity index (χ3n) is 4.63. The first-order valence-electron chi connectivity index (χ1n) is 8.59. The summed E-state index contributed by atoms with van der Waals surface area (Å²) < 4.78 is 20.6. The van der Waals surface area contributed by atoms with Gasteiger partial charge in [0.2, 0.25) is 17.7 Å². The number of rotatable bonds is 4. The molecule has 3 heterocycles. The van der Waals surface area contributed by atoms with Gasteiger partial charge >= 0.3 is 0 Å². The zero-order valence-electron chi connectivity index (χ0n) is 14.9. The van der Waals surface area contributed by atoms with Crippen LogP contribution in [-0.4, -0.2) is 31.3 Å². The Morgan fingerprint density at radius 1 is 1.35 bits per heavy atom. The lowest BCUT2D eigenvalue weighted by atomic mass is 9.72. The van der Waals surface area contributed by atoms with E-state index in [2.05, 4.69) is 20.4 Å². The molecule has 0 radical (unpaired) electrons. The molecule has 0 aromatic carbocycles. The molecule has 136 valence electrons. The van der Waals surface area contributed by atoms with Crippen LogP contribution in [0.25, 0.3) is 17.0 Å². The number of fused-ring (bicyclic) bond motifs is 1. The van der Waals surface area contributed by atoms with Gasteiger partial charge in [0.25, 0.3) is 0 Å². The van der Waals surface area contributed by atoms with Crippen molar-refractivity contribution in [3.05, 3.63) is 29.6 Å². The lowest BCUT2D eigenvalue weighted by Gasteiger charge is -2.38. The van der Waals surface area contributed by atoms with E-state index >= 15 is 0 Å². The standard InChI is InChI=1S/C18H20FN5O2/c1-10-4-5-13-16(20-10)24(15-6-11(2)23-26-15)17(21-13)22-14(25)7-12-8-18(3,19)9-12/h4-6,12H,7-9H2,1-3H3,(H,21,22,25). The SMILES string of the molecule is Cc1cc(-n2c(NC(=O)CC3CC(C)(F)C3)nc3ccc(C)nc32)on1. The normalized spacial score (nSPS) is 22.4. The molecule has 1 N–H and O–H groups in total. The Kier molecular flexibility index (Phi) is 3.78. The minimum Gasteiger partial charge on any atom is -0.338 e. The third-order valence-corrected chi connectivity index (χ3v) is 4.63. The summed E-state index contributed by atoms with van der Waals surface area (Å²) in [5.41, 5.74) is 1.61. The molecule has 1 saturated carbocycles. The molecule has 8 heteroatoms. The summed E-state index contributed by atoms with van der Waals surface area (Å²) in [6.45, 7) is 5.26. The maximum Gasteiger partial charge on any atom is 0.240 e. The van der Waals surface area contributed by atoms with Gasteiger partial charge in [-0.1, -0.05) is 5.16 Å². The Morgan fingerprint density at radius 3 is 2.77 bits per heavy atom. The van der Waals surface area contributed by atoms with Gasteiger partial charge in [-0.25, -0.2) is 18.9 Å². The molecule has 1 aliphatic rings. The minimum atomic E-state index is -1.14. The quantitative estimate of drug-likeness (QED) is 0.772. The topological polar surface area (TPSA) is 85.8 Å². The maximum atomic E-state index is 13.6. The van der Waals surface area contributed by atoms with Gasteiger partial charge in [0, 0.05) is 18.2 Å². The molecule has 0 aliphatic heterocycles. The predicted molar refractivity (Wildman–Crippen MR) is 93.9 cm³/mol. The molecule has 0 atom stereocenters. The fraction of sp³-hybridized carbons (Fsp3) is 0.444. The van der Waals surface area contributed by atoms with E-state index < -0.39 is 5.67 Å². The monoisotopic (exact) mass is 357 g/mol. The number of anilines is 1. The number of amides is 1. The highest BCUT2D eigenvalue weighted by atomic mass is 19.1. The molecule has 7 nitrogen and oxygen atoms in total. The van der Waals surface area contributed by atoms with E-state index in [1.807, 2.05) is 26.0 Å². The molecule has 4 rings (SSSR count). The summed E-state index contributed by atoms with van der Waals surface area (Å²) in [4.78, 5) is 21.4. The fourth-order valence-electron chi connectivity index (χ4n) is 3.53. The van der Waals surface area contributed by atoms with Crippen molar-refractivity contribution in [3.8, 4) is 5.88 Å². The lowest BCUT2D eigenvalue weighted by Crippen LogP contribution is -2.38. The Hall–Kier alpha value is -2.77. The zero-order chi connectivity index (χ0) is 18.5. The number of hydrogen-bond donors (Lipinski definition) is 1. The Bertz CT molecular complexity index is 983. The van der Waals surface area contributed by atoms with E-state index in [-0.39, 0.29) is 18.2 Å². The van der Waals surface area contributed by atoms with Crippen LogP contribution in [0, 0.1) is 19.8 Å². The second-order valence-electron chi connectivity index (χ2n) is 7.31. The number of pyridine rings is 1. The van der Waals surface area contributed by atoms with Gasteiger partial charge in [-0.15, -0.1) is 0 Å². The largest absolute Gasteiger partial charge is 0.338 e. The van der Waals surface area contributed by atoms with E-state index in [0.29, 0.717) is 41.5 Å². The first kappa shape index (κ1) is 16.7. The summed E-state index contributed by atoms with van der Waals surface area (Å²) in [5.74, 6) is 0.616. The number of alkyl halides is 1. The Labute approximate surface area is 149 Å². The highest BCUT2D eigenvalue weighted by Crippen LogP contribution is 2.42. The van der Waals surface area contributed by atoms with Crippen molar-refractivity contribution < 1.29 is 13.7 Å². The van der Waals surface area contributed by atoms with Gasteiger partial charge in [0.15, 0.2) is 5.65 Å². The highest BCUT2D eigenvalue weighted by molar-refractivity contribution is 5.91. The second kappa shape index (κ2) is 5.89. The van der Waals surface area contributed by atoms with Crippen molar-refractivity contribution >= 4 is 23.0 Å². The van der Waals surface area contributed by atoms with Crippen LogP contribution in [0.3, 0.4) is 0 Å². The van der Waals surface area contributed by atoms with Crippen molar-refractivity contribution in [1.29, 1.82) is 0 Å². The van der Waals surface area contributed by atoms with Crippen molar-refractivity contribution in [2.45, 2.75) is 45.7 Å². The average molecular weight is 357 g/mol. The van der Waals surface area contributed by atoms with Crippen LogP contribution >= 0.6 is 0 Å². The highest BCUT2D eigenvalue weighted by Gasteiger charge is 2.41. The van der Waals surface area contributed by atoms with E-state index in [1.165, 1.54) is 0 Å². The summed E-state index contributed by atoms with van der Waals surface area (Å²) in [6, 6.07) is 5.45. The number of aromatic nitrogens is 4. The molecule has 0 unspecified atom stereocenters. The van der Waals surface area contributed by atoms with Crippen molar-refractivity contribution in [3.63, 3.8) is 0 Å². The van der Waals surface area contributed by atoms with E-state index in [9.17, 15) is 9.18 Å². The fourth-order valence-corrected chi connectivity index (χ4v) is 3.53. The van der Waals surface area contributed by atoms with Crippen LogP contribution in [0.4, 0.5) is 10.3 Å². The summed E-state index contributed by atoms with van der Waals surface area (Å²) in [7, 11) is 0. The number of imidazole rings is 1. The summed E-state index contributed by atoms with van der Waals surface area (Å²) in [5, 5.41) is 6.72. The number of carbonyl (C=O) groups excluding carboxylic acids is 1. The molecule has 0 bridgehead atoms. The van der Waals surface area contributed by atoms with E-state index in [4.69, 9.17) is 4.52 Å². The van der Waals surface area contributed by atoms with Crippen LogP contribution in [0.5, 0.6) is 0 Å². The average Bonchev–Trinajstić information content (AvgIpc) is 3.08. The number of aryl methyl sites for hydroxylation is 2. The molecule has 1 amide bonds. The van der Waals surface area contributed by atoms with E-state index in [0.717, 1.165) is 5.69 Å². The number of nitrogens with one attached hydrogen (secondary N) is 1. The van der Waals surface area contributed by atoms with Crippen LogP contribution in [-0.2, 0) is 4.79 Å².